The third-order valence-electron chi connectivity index (χ3n) is 3.42. The number of benzene rings is 1. The van der Waals surface area contributed by atoms with Crippen LogP contribution in [0.5, 0.6) is 5.75 Å². The minimum Gasteiger partial charge on any atom is -0.490 e. The third-order valence-corrected chi connectivity index (χ3v) is 3.66. The first-order valence-electron chi connectivity index (χ1n) is 7.80. The van der Waals surface area contributed by atoms with Gasteiger partial charge in [-0.05, 0) is 18.2 Å². The van der Waals surface area contributed by atoms with Crippen molar-refractivity contribution in [2.75, 3.05) is 39.5 Å². The summed E-state index contributed by atoms with van der Waals surface area (Å²) >= 11 is 6.08. The predicted octanol–water partition coefficient (Wildman–Crippen LogP) is -0.484. The van der Waals surface area contributed by atoms with E-state index in [2.05, 4.69) is 10.6 Å². The van der Waals surface area contributed by atoms with Crippen molar-refractivity contribution in [3.63, 3.8) is 0 Å². The fourth-order valence-electron chi connectivity index (χ4n) is 2.34. The fourth-order valence-corrected chi connectivity index (χ4v) is 2.51. The van der Waals surface area contributed by atoms with Crippen molar-refractivity contribution in [3.05, 3.63) is 34.9 Å². The van der Waals surface area contributed by atoms with Gasteiger partial charge in [0.25, 0.3) is 0 Å². The standard InChI is InChI=1S/C16H21ClN4O4/c17-11-1-2-14(25-6-5-22)12(7-11)13-8-15(23)20-10-21(13)9-16(24)19-4-3-18/h1-2,7-8,22H,3-6,9-10,18H2,(H,19,24)(H,20,23). The van der Waals surface area contributed by atoms with Crippen LogP contribution in [0.4, 0.5) is 0 Å². The van der Waals surface area contributed by atoms with Crippen LogP contribution < -0.4 is 21.1 Å². The Morgan fingerprint density at radius 1 is 1.48 bits per heavy atom. The predicted molar refractivity (Wildman–Crippen MR) is 93.8 cm³/mol. The molecule has 0 aromatic heterocycles. The molecule has 0 saturated heterocycles. The minimum atomic E-state index is -0.276. The van der Waals surface area contributed by atoms with E-state index < -0.39 is 0 Å². The number of nitrogens with one attached hydrogen (secondary N) is 2. The van der Waals surface area contributed by atoms with Crippen molar-refractivity contribution in [2.24, 2.45) is 5.73 Å². The van der Waals surface area contributed by atoms with Crippen LogP contribution in [0.25, 0.3) is 5.70 Å². The largest absolute Gasteiger partial charge is 0.490 e. The Kier molecular flexibility index (Phi) is 7.05. The maximum Gasteiger partial charge on any atom is 0.247 e. The number of carbonyl (C=O) groups excluding carboxylic acids is 2. The summed E-state index contributed by atoms with van der Waals surface area (Å²) in [6.07, 6.45) is 1.39. The van der Waals surface area contributed by atoms with Gasteiger partial charge in [0.05, 0.1) is 25.5 Å². The van der Waals surface area contributed by atoms with Gasteiger partial charge in [-0.25, -0.2) is 0 Å². The normalized spacial score (nSPS) is 14.0. The number of nitrogens with zero attached hydrogens (tertiary/aromatic N) is 1. The summed E-state index contributed by atoms with van der Waals surface area (Å²) in [5.41, 5.74) is 6.47. The molecule has 136 valence electrons. The molecule has 25 heavy (non-hydrogen) atoms. The topological polar surface area (TPSA) is 117 Å². The van der Waals surface area contributed by atoms with Gasteiger partial charge in [-0.15, -0.1) is 0 Å². The second-order valence-corrected chi connectivity index (χ2v) is 5.71. The summed E-state index contributed by atoms with van der Waals surface area (Å²) in [6.45, 7) is 0.890. The number of rotatable bonds is 8. The lowest BCUT2D eigenvalue weighted by Crippen LogP contribution is -2.46. The van der Waals surface area contributed by atoms with E-state index in [4.69, 9.17) is 27.2 Å². The van der Waals surface area contributed by atoms with E-state index in [-0.39, 0.29) is 38.2 Å². The van der Waals surface area contributed by atoms with Crippen LogP contribution in [-0.4, -0.2) is 61.3 Å². The van der Waals surface area contributed by atoms with Gasteiger partial charge in [0, 0.05) is 29.8 Å². The molecule has 1 aliphatic heterocycles. The number of hydrogen-bond acceptors (Lipinski definition) is 6. The van der Waals surface area contributed by atoms with Crippen molar-refractivity contribution in [1.29, 1.82) is 0 Å². The van der Waals surface area contributed by atoms with E-state index in [1.165, 1.54) is 6.08 Å². The molecule has 0 spiro atoms. The van der Waals surface area contributed by atoms with E-state index in [9.17, 15) is 9.59 Å². The molecule has 2 amide bonds. The zero-order valence-corrected chi connectivity index (χ0v) is 14.4. The summed E-state index contributed by atoms with van der Waals surface area (Å²) in [5, 5.41) is 14.8. The molecule has 8 nitrogen and oxygen atoms in total. The van der Waals surface area contributed by atoms with Gasteiger partial charge in [0.2, 0.25) is 11.8 Å². The molecule has 0 fully saturated rings. The monoisotopic (exact) mass is 368 g/mol. The highest BCUT2D eigenvalue weighted by Crippen LogP contribution is 2.32. The lowest BCUT2D eigenvalue weighted by Gasteiger charge is -2.31. The minimum absolute atomic E-state index is 0.0397. The van der Waals surface area contributed by atoms with Crippen molar-refractivity contribution in [1.82, 2.24) is 15.5 Å². The Morgan fingerprint density at radius 2 is 2.28 bits per heavy atom. The number of hydrogen-bond donors (Lipinski definition) is 4. The average Bonchev–Trinajstić information content (AvgIpc) is 2.60. The van der Waals surface area contributed by atoms with Gasteiger partial charge in [-0.3, -0.25) is 9.59 Å². The SMILES string of the molecule is NCCNC(=O)CN1CNC(=O)C=C1c1cc(Cl)ccc1OCCO. The summed E-state index contributed by atoms with van der Waals surface area (Å²) in [6, 6.07) is 4.97. The molecule has 0 atom stereocenters. The highest BCUT2D eigenvalue weighted by atomic mass is 35.5. The van der Waals surface area contributed by atoms with Crippen LogP contribution in [0.15, 0.2) is 24.3 Å². The van der Waals surface area contributed by atoms with Crippen molar-refractivity contribution >= 4 is 29.1 Å². The second-order valence-electron chi connectivity index (χ2n) is 5.28. The van der Waals surface area contributed by atoms with E-state index in [0.29, 0.717) is 35.1 Å². The van der Waals surface area contributed by atoms with Crippen LogP contribution in [-0.2, 0) is 9.59 Å². The second kappa shape index (κ2) is 9.26. The number of halogens is 1. The molecule has 5 N–H and O–H groups in total. The van der Waals surface area contributed by atoms with Crippen LogP contribution in [0.3, 0.4) is 0 Å². The maximum atomic E-state index is 12.0. The first-order chi connectivity index (χ1) is 12.0. The van der Waals surface area contributed by atoms with Gasteiger partial charge < -0.3 is 31.1 Å². The summed E-state index contributed by atoms with van der Waals surface area (Å²) in [7, 11) is 0. The highest BCUT2D eigenvalue weighted by Gasteiger charge is 2.23. The Hall–Kier alpha value is -2.29. The first-order valence-corrected chi connectivity index (χ1v) is 8.17. The third kappa shape index (κ3) is 5.35. The molecule has 2 rings (SSSR count). The van der Waals surface area contributed by atoms with Crippen molar-refractivity contribution in [3.8, 4) is 5.75 Å². The van der Waals surface area contributed by atoms with Crippen LogP contribution in [0, 0.1) is 0 Å². The van der Waals surface area contributed by atoms with Crippen LogP contribution in [0.1, 0.15) is 5.56 Å². The number of amides is 2. The number of nitrogens with two attached hydrogens (primary N) is 1. The molecular formula is C16H21ClN4O4. The molecule has 0 unspecified atom stereocenters. The van der Waals surface area contributed by atoms with Gasteiger partial charge in [-0.2, -0.15) is 0 Å². The number of aliphatic hydroxyl groups excluding tert-OH is 1. The quantitative estimate of drug-likeness (QED) is 0.492. The Labute approximate surface area is 150 Å². The van der Waals surface area contributed by atoms with Crippen LogP contribution in [0.2, 0.25) is 5.02 Å². The lowest BCUT2D eigenvalue weighted by atomic mass is 10.1. The summed E-state index contributed by atoms with van der Waals surface area (Å²) in [5.74, 6) is -0.0270. The molecule has 0 aliphatic carbocycles. The zero-order valence-electron chi connectivity index (χ0n) is 13.6. The number of ether oxygens (including phenoxy) is 1. The van der Waals surface area contributed by atoms with E-state index in [0.717, 1.165) is 0 Å². The maximum absolute atomic E-state index is 12.0. The Morgan fingerprint density at radius 3 is 3.00 bits per heavy atom. The molecule has 1 heterocycles. The molecule has 1 aromatic carbocycles. The Bertz CT molecular complexity index is 666. The van der Waals surface area contributed by atoms with E-state index in [1.54, 1.807) is 23.1 Å². The molecule has 1 aromatic rings. The van der Waals surface area contributed by atoms with Crippen molar-refractivity contribution in [2.45, 2.75) is 0 Å². The van der Waals surface area contributed by atoms with E-state index in [1.807, 2.05) is 0 Å². The Balaban J connectivity index is 2.30. The molecule has 0 bridgehead atoms. The van der Waals surface area contributed by atoms with Gasteiger partial charge in [-0.1, -0.05) is 11.6 Å². The fraction of sp³-hybridized carbons (Fsp3) is 0.375. The highest BCUT2D eigenvalue weighted by molar-refractivity contribution is 6.30. The molecule has 0 saturated carbocycles. The molecule has 0 radical (unpaired) electrons. The smallest absolute Gasteiger partial charge is 0.247 e. The summed E-state index contributed by atoms with van der Waals surface area (Å²) < 4.78 is 5.52. The molecular weight excluding hydrogens is 348 g/mol. The lowest BCUT2D eigenvalue weighted by molar-refractivity contribution is -0.123. The molecule has 1 aliphatic rings. The number of aliphatic hydroxyl groups is 1. The van der Waals surface area contributed by atoms with Crippen molar-refractivity contribution < 1.29 is 19.4 Å². The zero-order chi connectivity index (χ0) is 18.2. The van der Waals surface area contributed by atoms with Gasteiger partial charge >= 0.3 is 0 Å². The summed E-state index contributed by atoms with van der Waals surface area (Å²) in [4.78, 5) is 25.5. The van der Waals surface area contributed by atoms with Gasteiger partial charge in [0.15, 0.2) is 0 Å². The van der Waals surface area contributed by atoms with E-state index >= 15 is 0 Å². The average molecular weight is 369 g/mol. The van der Waals surface area contributed by atoms with Gasteiger partial charge in [0.1, 0.15) is 12.4 Å². The number of carbonyl (C=O) groups is 2. The first kappa shape index (κ1) is 19.0. The molecule has 9 heteroatoms. The van der Waals surface area contributed by atoms with Crippen LogP contribution >= 0.6 is 11.6 Å².